The number of benzene rings is 2. The van der Waals surface area contributed by atoms with Gasteiger partial charge in [-0.05, 0) is 37.3 Å². The minimum Gasteiger partial charge on any atom is -0.319 e. The number of hydrogen-bond donors (Lipinski definition) is 1. The van der Waals surface area contributed by atoms with Crippen molar-refractivity contribution < 1.29 is 9.59 Å². The fourth-order valence-electron chi connectivity index (χ4n) is 4.33. The molecule has 1 spiro atoms. The van der Waals surface area contributed by atoms with Crippen molar-refractivity contribution in [1.29, 1.82) is 0 Å². The van der Waals surface area contributed by atoms with Crippen molar-refractivity contribution >= 4 is 23.3 Å². The molecule has 0 unspecified atom stereocenters. The van der Waals surface area contributed by atoms with Gasteiger partial charge in [-0.15, -0.1) is 11.3 Å². The summed E-state index contributed by atoms with van der Waals surface area (Å²) in [6.45, 7) is 2.24. The highest BCUT2D eigenvalue weighted by Gasteiger charge is 2.53. The van der Waals surface area contributed by atoms with Crippen LogP contribution in [0.25, 0.3) is 10.6 Å². The minimum atomic E-state index is -0.929. The summed E-state index contributed by atoms with van der Waals surface area (Å²) in [6, 6.07) is 15.8. The number of rotatable bonds is 3. The van der Waals surface area contributed by atoms with Gasteiger partial charge in [-0.2, -0.15) is 0 Å². The highest BCUT2D eigenvalue weighted by Crippen LogP contribution is 2.40. The third kappa shape index (κ3) is 2.95. The Morgan fingerprint density at radius 3 is 2.76 bits per heavy atom. The van der Waals surface area contributed by atoms with Crippen molar-refractivity contribution in [3.8, 4) is 10.6 Å². The van der Waals surface area contributed by atoms with E-state index < -0.39 is 5.54 Å². The number of hydrogen-bond acceptors (Lipinski definition) is 4. The molecule has 5 nitrogen and oxygen atoms in total. The lowest BCUT2D eigenvalue weighted by Gasteiger charge is -2.33. The Labute approximate surface area is 173 Å². The highest BCUT2D eigenvalue weighted by molar-refractivity contribution is 7.13. The second-order valence-electron chi connectivity index (χ2n) is 7.75. The average Bonchev–Trinajstić information content (AvgIpc) is 3.29. The summed E-state index contributed by atoms with van der Waals surface area (Å²) < 4.78 is 0. The Morgan fingerprint density at radius 2 is 1.93 bits per heavy atom. The van der Waals surface area contributed by atoms with Crippen LogP contribution in [0.15, 0.2) is 53.9 Å². The standard InChI is InChI=1S/C23H21N3O2S/c1-15-8-10-17(11-9-15)20-24-18(14-29-20)13-26-21(27)23(25-22(26)28)12-4-6-16-5-2-3-7-19(16)23/h2-3,5,7-11,14H,4,6,12-13H2,1H3,(H,25,28)/t23-/m1/s1. The topological polar surface area (TPSA) is 62.3 Å². The molecule has 0 radical (unpaired) electrons. The monoisotopic (exact) mass is 403 g/mol. The number of fused-ring (bicyclic) bond motifs is 2. The normalized spacial score (nSPS) is 20.8. The van der Waals surface area contributed by atoms with Crippen LogP contribution in [0.1, 0.15) is 35.2 Å². The van der Waals surface area contributed by atoms with Gasteiger partial charge >= 0.3 is 6.03 Å². The Kier molecular flexibility index (Phi) is 4.24. The molecule has 3 amide bonds. The second-order valence-corrected chi connectivity index (χ2v) is 8.61. The first-order chi connectivity index (χ1) is 14.1. The molecular weight excluding hydrogens is 382 g/mol. The lowest BCUT2D eigenvalue weighted by atomic mass is 9.76. The van der Waals surface area contributed by atoms with E-state index in [1.54, 1.807) is 0 Å². The maximum Gasteiger partial charge on any atom is 0.325 e. The summed E-state index contributed by atoms with van der Waals surface area (Å²) in [5, 5.41) is 5.82. The third-order valence-corrected chi connectivity index (χ3v) is 6.76. The van der Waals surface area contributed by atoms with Crippen LogP contribution in [0.3, 0.4) is 0 Å². The second kappa shape index (κ2) is 6.81. The fourth-order valence-corrected chi connectivity index (χ4v) is 5.14. The molecule has 1 aliphatic heterocycles. The summed E-state index contributed by atoms with van der Waals surface area (Å²) in [5.41, 5.74) is 4.12. The number of imide groups is 1. The molecule has 2 aromatic carbocycles. The molecule has 1 N–H and O–H groups in total. The highest BCUT2D eigenvalue weighted by atomic mass is 32.1. The number of thiazole rings is 1. The van der Waals surface area contributed by atoms with Crippen molar-refractivity contribution in [1.82, 2.24) is 15.2 Å². The number of aryl methyl sites for hydroxylation is 2. The number of nitrogens with one attached hydrogen (secondary N) is 1. The van der Waals surface area contributed by atoms with Crippen LogP contribution in [0.4, 0.5) is 4.79 Å². The fraction of sp³-hybridized carbons (Fsp3) is 0.261. The maximum atomic E-state index is 13.4. The number of urea groups is 1. The van der Waals surface area contributed by atoms with Gasteiger partial charge < -0.3 is 5.32 Å². The van der Waals surface area contributed by atoms with Crippen molar-refractivity contribution in [2.75, 3.05) is 0 Å². The van der Waals surface area contributed by atoms with Crippen molar-refractivity contribution in [2.24, 2.45) is 0 Å². The van der Waals surface area contributed by atoms with Gasteiger partial charge in [0.15, 0.2) is 0 Å². The molecule has 1 saturated heterocycles. The van der Waals surface area contributed by atoms with Gasteiger partial charge in [0.05, 0.1) is 12.2 Å². The molecule has 0 bridgehead atoms. The molecule has 146 valence electrons. The largest absolute Gasteiger partial charge is 0.325 e. The number of nitrogens with zero attached hydrogens (tertiary/aromatic N) is 2. The van der Waals surface area contributed by atoms with E-state index in [9.17, 15) is 9.59 Å². The van der Waals surface area contributed by atoms with Gasteiger partial charge in [0.2, 0.25) is 0 Å². The molecule has 5 rings (SSSR count). The van der Waals surface area contributed by atoms with E-state index in [-0.39, 0.29) is 18.5 Å². The molecule has 6 heteroatoms. The third-order valence-electron chi connectivity index (χ3n) is 5.82. The van der Waals surface area contributed by atoms with Gasteiger partial charge in [-0.1, -0.05) is 54.1 Å². The van der Waals surface area contributed by atoms with Crippen LogP contribution in [0.5, 0.6) is 0 Å². The van der Waals surface area contributed by atoms with E-state index in [1.165, 1.54) is 21.8 Å². The molecule has 2 heterocycles. The molecule has 1 aliphatic carbocycles. The number of carbonyl (C=O) groups excluding carboxylic acids is 2. The Morgan fingerprint density at radius 1 is 1.14 bits per heavy atom. The van der Waals surface area contributed by atoms with Crippen LogP contribution < -0.4 is 5.32 Å². The summed E-state index contributed by atoms with van der Waals surface area (Å²) >= 11 is 1.53. The predicted molar refractivity (Wildman–Crippen MR) is 112 cm³/mol. The summed E-state index contributed by atoms with van der Waals surface area (Å²) in [4.78, 5) is 32.1. The van der Waals surface area contributed by atoms with E-state index >= 15 is 0 Å². The molecule has 0 saturated carbocycles. The smallest absolute Gasteiger partial charge is 0.319 e. The van der Waals surface area contributed by atoms with Gasteiger partial charge in [0.25, 0.3) is 5.91 Å². The molecule has 3 aromatic rings. The van der Waals surface area contributed by atoms with Crippen LogP contribution in [0, 0.1) is 6.92 Å². The Hall–Kier alpha value is -2.99. The zero-order chi connectivity index (χ0) is 20.0. The number of carbonyl (C=O) groups is 2. The summed E-state index contributed by atoms with van der Waals surface area (Å²) in [6.07, 6.45) is 2.45. The van der Waals surface area contributed by atoms with Gasteiger partial charge in [-0.25, -0.2) is 9.78 Å². The van der Waals surface area contributed by atoms with Crippen LogP contribution in [-0.2, 0) is 23.3 Å². The molecule has 1 fully saturated rings. The SMILES string of the molecule is Cc1ccc(-c2nc(CN3C(=O)N[C@@]4(CCCc5ccccc54)C3=O)cs2)cc1. The van der Waals surface area contributed by atoms with Crippen molar-refractivity contribution in [3.63, 3.8) is 0 Å². The predicted octanol–water partition coefficient (Wildman–Crippen LogP) is 4.40. The van der Waals surface area contributed by atoms with Crippen LogP contribution in [0.2, 0.25) is 0 Å². The lowest BCUT2D eigenvalue weighted by Crippen LogP contribution is -2.46. The van der Waals surface area contributed by atoms with E-state index in [1.807, 2.05) is 48.7 Å². The molecule has 29 heavy (non-hydrogen) atoms. The lowest BCUT2D eigenvalue weighted by molar-refractivity contribution is -0.132. The zero-order valence-corrected chi connectivity index (χ0v) is 17.0. The number of amides is 3. The molecular formula is C23H21N3O2S. The molecule has 2 aliphatic rings. The number of aromatic nitrogens is 1. The van der Waals surface area contributed by atoms with Gasteiger partial charge in [-0.3, -0.25) is 9.69 Å². The van der Waals surface area contributed by atoms with Gasteiger partial charge in [0.1, 0.15) is 10.5 Å². The minimum absolute atomic E-state index is 0.167. The maximum absolute atomic E-state index is 13.4. The summed E-state index contributed by atoms with van der Waals surface area (Å²) in [7, 11) is 0. The first kappa shape index (κ1) is 18.1. The quantitative estimate of drug-likeness (QED) is 0.659. The first-order valence-corrected chi connectivity index (χ1v) is 10.7. The van der Waals surface area contributed by atoms with E-state index in [2.05, 4.69) is 22.4 Å². The molecule has 1 aromatic heterocycles. The van der Waals surface area contributed by atoms with Gasteiger partial charge in [0, 0.05) is 10.9 Å². The Balaban J connectivity index is 1.42. The first-order valence-electron chi connectivity index (χ1n) is 9.81. The van der Waals surface area contributed by atoms with E-state index in [0.717, 1.165) is 40.2 Å². The van der Waals surface area contributed by atoms with Crippen LogP contribution >= 0.6 is 11.3 Å². The van der Waals surface area contributed by atoms with E-state index in [4.69, 9.17) is 0 Å². The van der Waals surface area contributed by atoms with Crippen molar-refractivity contribution in [3.05, 3.63) is 76.3 Å². The molecule has 1 atom stereocenters. The van der Waals surface area contributed by atoms with E-state index in [0.29, 0.717) is 6.42 Å². The van der Waals surface area contributed by atoms with Crippen molar-refractivity contribution in [2.45, 2.75) is 38.3 Å². The average molecular weight is 404 g/mol. The Bertz CT molecular complexity index is 1110. The summed E-state index contributed by atoms with van der Waals surface area (Å²) in [5.74, 6) is -0.167. The zero-order valence-electron chi connectivity index (χ0n) is 16.1. The van der Waals surface area contributed by atoms with Crippen LogP contribution in [-0.4, -0.2) is 21.8 Å².